The van der Waals surface area contributed by atoms with Crippen LogP contribution in [0.1, 0.15) is 29.9 Å². The van der Waals surface area contributed by atoms with Crippen LogP contribution < -0.4 is 14.8 Å². The summed E-state index contributed by atoms with van der Waals surface area (Å²) in [4.78, 5) is 37.9. The van der Waals surface area contributed by atoms with Crippen LogP contribution in [0, 0.1) is 17.2 Å². The number of carbonyl (C=O) groups is 2. The van der Waals surface area contributed by atoms with Crippen molar-refractivity contribution in [3.05, 3.63) is 60.0 Å². The third-order valence-electron chi connectivity index (χ3n) is 7.13. The number of hydrogen-bond donors (Lipinski definition) is 2. The van der Waals surface area contributed by atoms with Crippen LogP contribution in [0.2, 0.25) is 0 Å². The summed E-state index contributed by atoms with van der Waals surface area (Å²) < 4.78 is 40.0. The maximum Gasteiger partial charge on any atom is 0.301 e. The number of halogens is 2. The van der Waals surface area contributed by atoms with Gasteiger partial charge in [-0.15, -0.1) is 0 Å². The number of likely N-dealkylation sites (tertiary alicyclic amines) is 1. The molecule has 0 radical (unpaired) electrons. The summed E-state index contributed by atoms with van der Waals surface area (Å²) in [5, 5.41) is 21.5. The molecule has 2 fully saturated rings. The molecule has 0 spiro atoms. The van der Waals surface area contributed by atoms with Crippen LogP contribution in [0.25, 0.3) is 11.3 Å². The molecule has 2 aromatic heterocycles. The molecule has 13 heteroatoms. The summed E-state index contributed by atoms with van der Waals surface area (Å²) in [5.41, 5.74) is 1.87. The van der Waals surface area contributed by atoms with Crippen molar-refractivity contribution in [1.29, 1.82) is 5.26 Å². The van der Waals surface area contributed by atoms with Crippen molar-refractivity contribution in [2.24, 2.45) is 5.92 Å². The smallest absolute Gasteiger partial charge is 0.301 e. The Kier molecular flexibility index (Phi) is 7.76. The number of ether oxygens (including phenoxy) is 2. The van der Waals surface area contributed by atoms with Crippen LogP contribution in [-0.2, 0) is 9.59 Å². The molecular formula is C28H26F2N6O5. The van der Waals surface area contributed by atoms with Crippen LogP contribution in [0.15, 0.2) is 48.9 Å². The summed E-state index contributed by atoms with van der Waals surface area (Å²) in [6.07, 6.45) is 1.94. The fourth-order valence-corrected chi connectivity index (χ4v) is 4.80. The van der Waals surface area contributed by atoms with Crippen LogP contribution in [0.3, 0.4) is 0 Å². The molecule has 2 aliphatic rings. The standard InChI is InChI=1S/C28H26F2N6O5/c1-40-25-5-3-17(12-32-25)19-9-20(19)27(39)35-24-10-21(33-15-34-24)16-2-4-22(18(8-16)11-31)41-23-6-7-36(26(38)13-37)14-28(23,29)30/h2-5,8,10,12,15,19-20,23,37H,6-7,9,13-14H2,1H3,(H,33,34,35,39)/t19?,20?,23-/m0/s1. The lowest BCUT2D eigenvalue weighted by Crippen LogP contribution is -2.55. The average Bonchev–Trinajstić information content (AvgIpc) is 3.79. The summed E-state index contributed by atoms with van der Waals surface area (Å²) in [7, 11) is 1.53. The molecule has 1 saturated heterocycles. The SMILES string of the molecule is COc1ccc(C2CC2C(=O)Nc2cc(-c3ccc(O[C@H]4CCN(C(=O)CO)CC4(F)F)c(C#N)c3)ncn2)cn1. The van der Waals surface area contributed by atoms with E-state index in [1.807, 2.05) is 12.1 Å². The average molecular weight is 565 g/mol. The predicted molar refractivity (Wildman–Crippen MR) is 140 cm³/mol. The van der Waals surface area contributed by atoms with E-state index < -0.39 is 31.1 Å². The Bertz CT molecular complexity index is 1500. The monoisotopic (exact) mass is 564 g/mol. The minimum atomic E-state index is -3.38. The highest BCUT2D eigenvalue weighted by Gasteiger charge is 2.48. The number of piperidine rings is 1. The van der Waals surface area contributed by atoms with E-state index in [0.29, 0.717) is 23.6 Å². The van der Waals surface area contributed by atoms with Crippen molar-refractivity contribution in [3.63, 3.8) is 0 Å². The second-order valence-corrected chi connectivity index (χ2v) is 9.81. The molecule has 2 unspecified atom stereocenters. The van der Waals surface area contributed by atoms with Crippen LogP contribution in [0.4, 0.5) is 14.6 Å². The number of amides is 2. The first-order valence-electron chi connectivity index (χ1n) is 12.8. The van der Waals surface area contributed by atoms with Crippen LogP contribution >= 0.6 is 0 Å². The second-order valence-electron chi connectivity index (χ2n) is 9.81. The van der Waals surface area contributed by atoms with Gasteiger partial charge in [0.15, 0.2) is 6.10 Å². The number of aliphatic hydroxyl groups is 1. The molecule has 0 bridgehead atoms. The van der Waals surface area contributed by atoms with Gasteiger partial charge in [0, 0.05) is 42.8 Å². The molecular weight excluding hydrogens is 538 g/mol. The molecule has 1 aliphatic heterocycles. The fourth-order valence-electron chi connectivity index (χ4n) is 4.80. The first kappa shape index (κ1) is 27.9. The largest absolute Gasteiger partial charge is 0.483 e. The van der Waals surface area contributed by atoms with Gasteiger partial charge in [0.2, 0.25) is 17.7 Å². The Balaban J connectivity index is 1.25. The highest BCUT2D eigenvalue weighted by molar-refractivity contribution is 5.94. The lowest BCUT2D eigenvalue weighted by molar-refractivity contribution is -0.161. The molecule has 41 heavy (non-hydrogen) atoms. The van der Waals surface area contributed by atoms with E-state index in [1.54, 1.807) is 24.4 Å². The summed E-state index contributed by atoms with van der Waals surface area (Å²) in [6, 6.07) is 11.6. The van der Waals surface area contributed by atoms with E-state index >= 15 is 0 Å². The van der Waals surface area contributed by atoms with Gasteiger partial charge in [0.25, 0.3) is 0 Å². The first-order chi connectivity index (χ1) is 19.7. The Morgan fingerprint density at radius 1 is 1.22 bits per heavy atom. The highest BCUT2D eigenvalue weighted by Crippen LogP contribution is 2.48. The van der Waals surface area contributed by atoms with E-state index in [1.165, 1.54) is 25.6 Å². The fraction of sp³-hybridized carbons (Fsp3) is 0.357. The van der Waals surface area contributed by atoms with Gasteiger partial charge in [-0.3, -0.25) is 9.59 Å². The normalized spacial score (nSPS) is 21.0. The van der Waals surface area contributed by atoms with Gasteiger partial charge in [0.1, 0.15) is 30.6 Å². The number of pyridine rings is 1. The van der Waals surface area contributed by atoms with Crippen molar-refractivity contribution >= 4 is 17.6 Å². The van der Waals surface area contributed by atoms with Crippen molar-refractivity contribution < 1.29 is 33.0 Å². The zero-order chi connectivity index (χ0) is 29.1. The number of nitrogens with one attached hydrogen (secondary N) is 1. The van der Waals surface area contributed by atoms with E-state index in [9.17, 15) is 23.6 Å². The van der Waals surface area contributed by atoms with Crippen LogP contribution in [-0.4, -0.2) is 75.6 Å². The lowest BCUT2D eigenvalue weighted by atomic mass is 10.0. The molecule has 2 N–H and O–H groups in total. The van der Waals surface area contributed by atoms with Crippen molar-refractivity contribution in [2.75, 3.05) is 32.1 Å². The topological polar surface area (TPSA) is 151 Å². The molecule has 212 valence electrons. The number of hydrogen-bond acceptors (Lipinski definition) is 9. The van der Waals surface area contributed by atoms with Gasteiger partial charge in [-0.2, -0.15) is 5.26 Å². The zero-order valence-electron chi connectivity index (χ0n) is 22.0. The van der Waals surface area contributed by atoms with Gasteiger partial charge in [-0.1, -0.05) is 6.07 Å². The van der Waals surface area contributed by atoms with Gasteiger partial charge < -0.3 is 24.8 Å². The lowest BCUT2D eigenvalue weighted by Gasteiger charge is -2.38. The number of nitriles is 1. The minimum Gasteiger partial charge on any atom is -0.483 e. The summed E-state index contributed by atoms with van der Waals surface area (Å²) in [6.45, 7) is -1.74. The number of alkyl halides is 2. The number of carbonyl (C=O) groups excluding carboxylic acids is 2. The third kappa shape index (κ3) is 6.07. The number of benzene rings is 1. The molecule has 1 aliphatic carbocycles. The maximum absolute atomic E-state index is 14.7. The number of anilines is 1. The number of aliphatic hydroxyl groups excluding tert-OH is 1. The number of rotatable bonds is 8. The van der Waals surface area contributed by atoms with E-state index in [4.69, 9.17) is 14.6 Å². The second kappa shape index (κ2) is 11.4. The quantitative estimate of drug-likeness (QED) is 0.421. The molecule has 3 atom stereocenters. The molecule has 1 aromatic carbocycles. The van der Waals surface area contributed by atoms with Gasteiger partial charge in [-0.25, -0.2) is 23.7 Å². The number of nitrogens with zero attached hydrogens (tertiary/aromatic N) is 5. The van der Waals surface area contributed by atoms with Crippen molar-refractivity contribution in [2.45, 2.75) is 30.8 Å². The van der Waals surface area contributed by atoms with E-state index in [2.05, 4.69) is 20.3 Å². The zero-order valence-corrected chi connectivity index (χ0v) is 22.0. The van der Waals surface area contributed by atoms with Gasteiger partial charge >= 0.3 is 5.92 Å². The number of methoxy groups -OCH3 is 1. The molecule has 3 aromatic rings. The van der Waals surface area contributed by atoms with E-state index in [-0.39, 0.29) is 47.8 Å². The summed E-state index contributed by atoms with van der Waals surface area (Å²) >= 11 is 0. The Labute approximate surface area is 233 Å². The molecule has 2 amide bonds. The molecule has 1 saturated carbocycles. The van der Waals surface area contributed by atoms with Gasteiger partial charge in [-0.05, 0) is 36.1 Å². The number of aromatic nitrogens is 3. The molecule has 5 rings (SSSR count). The maximum atomic E-state index is 14.7. The molecule has 11 nitrogen and oxygen atoms in total. The van der Waals surface area contributed by atoms with E-state index in [0.717, 1.165) is 10.5 Å². The minimum absolute atomic E-state index is 0.00631. The Morgan fingerprint density at radius 3 is 2.73 bits per heavy atom. The first-order valence-corrected chi connectivity index (χ1v) is 12.8. The molecule has 3 heterocycles. The Hall–Kier alpha value is -4.70. The Morgan fingerprint density at radius 2 is 2.05 bits per heavy atom. The van der Waals surface area contributed by atoms with Crippen molar-refractivity contribution in [3.8, 4) is 29.0 Å². The highest BCUT2D eigenvalue weighted by atomic mass is 19.3. The van der Waals surface area contributed by atoms with Crippen molar-refractivity contribution in [1.82, 2.24) is 19.9 Å². The van der Waals surface area contributed by atoms with Gasteiger partial charge in [0.05, 0.1) is 24.9 Å². The summed E-state index contributed by atoms with van der Waals surface area (Å²) in [5.74, 6) is -3.77. The predicted octanol–water partition coefficient (Wildman–Crippen LogP) is 2.77. The third-order valence-corrected chi connectivity index (χ3v) is 7.13. The van der Waals surface area contributed by atoms with Crippen LogP contribution in [0.5, 0.6) is 11.6 Å².